The van der Waals surface area contributed by atoms with Gasteiger partial charge in [-0.05, 0) is 25.1 Å². The first kappa shape index (κ1) is 16.0. The van der Waals surface area contributed by atoms with Crippen LogP contribution in [0.1, 0.15) is 22.8 Å². The summed E-state index contributed by atoms with van der Waals surface area (Å²) in [6.45, 7) is 1.96. The maximum atomic E-state index is 11.8. The smallest absolute Gasteiger partial charge is 0.251 e. The summed E-state index contributed by atoms with van der Waals surface area (Å²) in [6, 6.07) is 4.61. The second-order valence-corrected chi connectivity index (χ2v) is 4.20. The average molecular weight is 295 g/mol. The van der Waals surface area contributed by atoms with Gasteiger partial charge in [-0.2, -0.15) is 0 Å². The molecular formula is C14H15ClN2O3. The number of hydrogen-bond donors (Lipinski definition) is 3. The lowest BCUT2D eigenvalue weighted by molar-refractivity contribution is -0.120. The molecule has 0 saturated heterocycles. The molecule has 106 valence electrons. The molecule has 20 heavy (non-hydrogen) atoms. The molecule has 0 radical (unpaired) electrons. The molecule has 0 fully saturated rings. The van der Waals surface area contributed by atoms with E-state index in [4.69, 9.17) is 16.7 Å². The van der Waals surface area contributed by atoms with Gasteiger partial charge in [-0.15, -0.1) is 0 Å². The molecular weight excluding hydrogens is 280 g/mol. The Morgan fingerprint density at radius 2 is 2.10 bits per heavy atom. The number of amides is 2. The van der Waals surface area contributed by atoms with E-state index in [1.54, 1.807) is 19.1 Å². The highest BCUT2D eigenvalue weighted by Crippen LogP contribution is 2.16. The molecule has 0 atom stereocenters. The van der Waals surface area contributed by atoms with Crippen LogP contribution in [-0.2, 0) is 4.79 Å². The van der Waals surface area contributed by atoms with Crippen LogP contribution >= 0.6 is 11.6 Å². The Balaban J connectivity index is 2.70. The maximum Gasteiger partial charge on any atom is 0.251 e. The van der Waals surface area contributed by atoms with Crippen LogP contribution in [0, 0.1) is 11.8 Å². The molecule has 0 aliphatic rings. The quantitative estimate of drug-likeness (QED) is 0.710. The van der Waals surface area contributed by atoms with Crippen molar-refractivity contribution in [3.63, 3.8) is 0 Å². The number of carbonyl (C=O) groups is 2. The van der Waals surface area contributed by atoms with Crippen molar-refractivity contribution in [2.24, 2.45) is 0 Å². The van der Waals surface area contributed by atoms with Gasteiger partial charge >= 0.3 is 0 Å². The van der Waals surface area contributed by atoms with Crippen LogP contribution in [0.25, 0.3) is 0 Å². The standard InChI is InChI=1S/C14H15ClN2O3/c1-2-16-13(19)9-17-14(20)11-6-5-10(4-3-7-18)12(15)8-11/h5-6,8,18H,2,7,9H2,1H3,(H,16,19)(H,17,20). The molecule has 1 rings (SSSR count). The predicted octanol–water partition coefficient (Wildman–Crippen LogP) is 0.550. The first-order valence-corrected chi connectivity index (χ1v) is 6.40. The Hall–Kier alpha value is -2.03. The Kier molecular flexibility index (Phi) is 6.57. The predicted molar refractivity (Wildman–Crippen MR) is 76.4 cm³/mol. The monoisotopic (exact) mass is 294 g/mol. The first-order chi connectivity index (χ1) is 9.58. The van der Waals surface area contributed by atoms with Crippen molar-refractivity contribution in [2.45, 2.75) is 6.92 Å². The lowest BCUT2D eigenvalue weighted by Gasteiger charge is -2.06. The zero-order valence-electron chi connectivity index (χ0n) is 11.0. The molecule has 0 heterocycles. The highest BCUT2D eigenvalue weighted by Gasteiger charge is 2.09. The first-order valence-electron chi connectivity index (χ1n) is 6.02. The highest BCUT2D eigenvalue weighted by atomic mass is 35.5. The summed E-state index contributed by atoms with van der Waals surface area (Å²) < 4.78 is 0. The molecule has 0 aliphatic heterocycles. The Bertz CT molecular complexity index is 561. The van der Waals surface area contributed by atoms with Gasteiger partial charge in [-0.1, -0.05) is 23.4 Å². The van der Waals surface area contributed by atoms with Crippen molar-refractivity contribution in [3.05, 3.63) is 34.3 Å². The minimum atomic E-state index is -0.389. The van der Waals surface area contributed by atoms with Gasteiger partial charge in [0.05, 0.1) is 11.6 Å². The van der Waals surface area contributed by atoms with Gasteiger partial charge in [-0.3, -0.25) is 9.59 Å². The van der Waals surface area contributed by atoms with E-state index in [-0.39, 0.29) is 25.0 Å². The minimum absolute atomic E-state index is 0.0869. The number of hydrogen-bond acceptors (Lipinski definition) is 3. The number of rotatable bonds is 4. The normalized spacial score (nSPS) is 9.35. The van der Waals surface area contributed by atoms with Crippen molar-refractivity contribution in [2.75, 3.05) is 19.7 Å². The van der Waals surface area contributed by atoms with Crippen molar-refractivity contribution >= 4 is 23.4 Å². The Morgan fingerprint density at radius 1 is 1.35 bits per heavy atom. The fourth-order valence-electron chi connectivity index (χ4n) is 1.41. The molecule has 0 saturated carbocycles. The summed E-state index contributed by atoms with van der Waals surface area (Å²) in [5, 5.41) is 14.0. The largest absolute Gasteiger partial charge is 0.384 e. The van der Waals surface area contributed by atoms with E-state index in [1.807, 2.05) is 0 Å². The van der Waals surface area contributed by atoms with Crippen LogP contribution in [0.4, 0.5) is 0 Å². The van der Waals surface area contributed by atoms with Crippen molar-refractivity contribution in [3.8, 4) is 11.8 Å². The van der Waals surface area contributed by atoms with Gasteiger partial charge < -0.3 is 15.7 Å². The maximum absolute atomic E-state index is 11.8. The summed E-state index contributed by atoms with van der Waals surface area (Å²) in [5.74, 6) is 4.50. The molecule has 6 heteroatoms. The zero-order valence-corrected chi connectivity index (χ0v) is 11.8. The number of halogens is 1. The third-order valence-electron chi connectivity index (χ3n) is 2.32. The van der Waals surface area contributed by atoms with Crippen LogP contribution in [0.15, 0.2) is 18.2 Å². The van der Waals surface area contributed by atoms with E-state index in [9.17, 15) is 9.59 Å². The number of aliphatic hydroxyl groups excluding tert-OH is 1. The van der Waals surface area contributed by atoms with Gasteiger partial charge in [0.2, 0.25) is 5.91 Å². The molecule has 0 spiro atoms. The molecule has 0 bridgehead atoms. The second-order valence-electron chi connectivity index (χ2n) is 3.79. The zero-order chi connectivity index (χ0) is 15.0. The number of carbonyl (C=O) groups excluding carboxylic acids is 2. The lowest BCUT2D eigenvalue weighted by atomic mass is 10.1. The van der Waals surface area contributed by atoms with Crippen LogP contribution in [0.5, 0.6) is 0 Å². The van der Waals surface area contributed by atoms with Crippen molar-refractivity contribution in [1.29, 1.82) is 0 Å². The van der Waals surface area contributed by atoms with Crippen LogP contribution in [-0.4, -0.2) is 36.6 Å². The van der Waals surface area contributed by atoms with Crippen LogP contribution < -0.4 is 10.6 Å². The molecule has 5 nitrogen and oxygen atoms in total. The third kappa shape index (κ3) is 4.92. The fraction of sp³-hybridized carbons (Fsp3) is 0.286. The van der Waals surface area contributed by atoms with Gasteiger partial charge in [0.25, 0.3) is 5.91 Å². The second kappa shape index (κ2) is 8.20. The molecule has 1 aromatic rings. The number of benzene rings is 1. The van der Waals surface area contributed by atoms with E-state index in [0.29, 0.717) is 22.7 Å². The van der Waals surface area contributed by atoms with E-state index in [0.717, 1.165) is 0 Å². The topological polar surface area (TPSA) is 78.4 Å². The highest BCUT2D eigenvalue weighted by molar-refractivity contribution is 6.32. The van der Waals surface area contributed by atoms with Gasteiger partial charge in [0.15, 0.2) is 0 Å². The molecule has 3 N–H and O–H groups in total. The Labute approximate surface area is 122 Å². The van der Waals surface area contributed by atoms with E-state index < -0.39 is 0 Å². The molecule has 2 amide bonds. The number of aliphatic hydroxyl groups is 1. The number of likely N-dealkylation sites (N-methyl/N-ethyl adjacent to an activating group) is 1. The summed E-state index contributed by atoms with van der Waals surface area (Å²) in [7, 11) is 0. The van der Waals surface area contributed by atoms with Crippen molar-refractivity contribution < 1.29 is 14.7 Å². The lowest BCUT2D eigenvalue weighted by Crippen LogP contribution is -2.36. The van der Waals surface area contributed by atoms with E-state index >= 15 is 0 Å². The summed E-state index contributed by atoms with van der Waals surface area (Å²) in [4.78, 5) is 23.0. The summed E-state index contributed by atoms with van der Waals surface area (Å²) >= 11 is 5.98. The molecule has 1 aromatic carbocycles. The van der Waals surface area contributed by atoms with Gasteiger partial charge in [-0.25, -0.2) is 0 Å². The minimum Gasteiger partial charge on any atom is -0.384 e. The van der Waals surface area contributed by atoms with Crippen LogP contribution in [0.3, 0.4) is 0 Å². The molecule has 0 unspecified atom stereocenters. The molecule has 0 aliphatic carbocycles. The van der Waals surface area contributed by atoms with E-state index in [1.165, 1.54) is 6.07 Å². The SMILES string of the molecule is CCNC(=O)CNC(=O)c1ccc(C#CCO)c(Cl)c1. The van der Waals surface area contributed by atoms with Crippen molar-refractivity contribution in [1.82, 2.24) is 10.6 Å². The van der Waals surface area contributed by atoms with Crippen LogP contribution in [0.2, 0.25) is 5.02 Å². The van der Waals surface area contributed by atoms with E-state index in [2.05, 4.69) is 22.5 Å². The summed E-state index contributed by atoms with van der Waals surface area (Å²) in [5.41, 5.74) is 0.870. The summed E-state index contributed by atoms with van der Waals surface area (Å²) in [6.07, 6.45) is 0. The van der Waals surface area contributed by atoms with Gasteiger partial charge in [0, 0.05) is 17.7 Å². The van der Waals surface area contributed by atoms with Gasteiger partial charge in [0.1, 0.15) is 6.61 Å². The number of nitrogens with one attached hydrogen (secondary N) is 2. The molecule has 0 aromatic heterocycles. The third-order valence-corrected chi connectivity index (χ3v) is 2.63. The fourth-order valence-corrected chi connectivity index (χ4v) is 1.64. The Morgan fingerprint density at radius 3 is 2.70 bits per heavy atom. The average Bonchev–Trinajstić information content (AvgIpc) is 2.43.